The molecule has 1 aliphatic heterocycles. The molecule has 2 fully saturated rings. The van der Waals surface area contributed by atoms with Crippen LogP contribution in [0.25, 0.3) is 0 Å². The van der Waals surface area contributed by atoms with E-state index in [9.17, 15) is 4.79 Å². The monoisotopic (exact) mass is 295 g/mol. The number of primary amides is 1. The Bertz CT molecular complexity index is 347. The summed E-state index contributed by atoms with van der Waals surface area (Å²) in [6, 6.07) is 0.527. The molecule has 0 aromatic rings. The Morgan fingerprint density at radius 1 is 1.29 bits per heavy atom. The molecule has 2 aliphatic rings. The van der Waals surface area contributed by atoms with Gasteiger partial charge in [-0.05, 0) is 71.0 Å². The van der Waals surface area contributed by atoms with Gasteiger partial charge in [-0.1, -0.05) is 19.8 Å². The van der Waals surface area contributed by atoms with Gasteiger partial charge in [0, 0.05) is 6.04 Å². The van der Waals surface area contributed by atoms with Crippen LogP contribution < -0.4 is 11.1 Å². The third-order valence-corrected chi connectivity index (χ3v) is 5.77. The van der Waals surface area contributed by atoms with Gasteiger partial charge in [0.15, 0.2) is 0 Å². The summed E-state index contributed by atoms with van der Waals surface area (Å²) in [6.45, 7) is 4.69. The molecule has 2 rings (SSSR count). The van der Waals surface area contributed by atoms with Crippen molar-refractivity contribution in [3.05, 3.63) is 0 Å². The lowest BCUT2D eigenvalue weighted by Gasteiger charge is -2.42. The normalized spacial score (nSPS) is 35.3. The highest BCUT2D eigenvalue weighted by molar-refractivity contribution is 5.84. The fourth-order valence-corrected chi connectivity index (χ4v) is 4.38. The van der Waals surface area contributed by atoms with Crippen LogP contribution in [0.1, 0.15) is 64.7 Å². The summed E-state index contributed by atoms with van der Waals surface area (Å²) in [4.78, 5) is 14.5. The number of amides is 1. The van der Waals surface area contributed by atoms with E-state index in [0.29, 0.717) is 6.04 Å². The summed E-state index contributed by atoms with van der Waals surface area (Å²) < 4.78 is 0. The molecule has 0 spiro atoms. The van der Waals surface area contributed by atoms with E-state index in [1.54, 1.807) is 0 Å². The Morgan fingerprint density at radius 3 is 2.76 bits per heavy atom. The Hall–Kier alpha value is -0.610. The Morgan fingerprint density at radius 2 is 2.10 bits per heavy atom. The first kappa shape index (κ1) is 16.8. The molecule has 3 unspecified atom stereocenters. The van der Waals surface area contributed by atoms with Gasteiger partial charge in [-0.3, -0.25) is 4.79 Å². The third kappa shape index (κ3) is 3.98. The van der Waals surface area contributed by atoms with E-state index in [1.165, 1.54) is 51.6 Å². The molecule has 1 saturated carbocycles. The number of nitrogens with two attached hydrogens (primary N) is 1. The maximum Gasteiger partial charge on any atom is 0.237 e. The second-order valence-electron chi connectivity index (χ2n) is 7.07. The molecule has 1 amide bonds. The Balaban J connectivity index is 1.96. The van der Waals surface area contributed by atoms with Crippen LogP contribution in [-0.2, 0) is 4.79 Å². The minimum atomic E-state index is -0.474. The van der Waals surface area contributed by atoms with Gasteiger partial charge in [0.1, 0.15) is 0 Å². The largest absolute Gasteiger partial charge is 0.368 e. The molecule has 122 valence electrons. The van der Waals surface area contributed by atoms with Crippen LogP contribution in [0.3, 0.4) is 0 Å². The van der Waals surface area contributed by atoms with Crippen LogP contribution in [0, 0.1) is 5.92 Å². The maximum absolute atomic E-state index is 11.9. The molecule has 3 N–H and O–H groups in total. The number of likely N-dealkylation sites (tertiary alicyclic amines) is 1. The SMILES string of the molecule is CCCC1CCCN(C2CCCC(NC)(C(N)=O)C2)CC1. The zero-order valence-corrected chi connectivity index (χ0v) is 13.9. The fraction of sp³-hybridized carbons (Fsp3) is 0.941. The van der Waals surface area contributed by atoms with Crippen LogP contribution >= 0.6 is 0 Å². The molecule has 0 aromatic heterocycles. The fourth-order valence-electron chi connectivity index (χ4n) is 4.38. The van der Waals surface area contributed by atoms with E-state index >= 15 is 0 Å². The number of carbonyl (C=O) groups excluding carboxylic acids is 1. The van der Waals surface area contributed by atoms with Crippen LogP contribution in [0.4, 0.5) is 0 Å². The first-order valence-electron chi connectivity index (χ1n) is 8.84. The highest BCUT2D eigenvalue weighted by Crippen LogP contribution is 2.33. The highest BCUT2D eigenvalue weighted by Gasteiger charge is 2.41. The number of rotatable bonds is 5. The summed E-state index contributed by atoms with van der Waals surface area (Å²) in [7, 11) is 1.88. The van der Waals surface area contributed by atoms with Gasteiger partial charge in [-0.2, -0.15) is 0 Å². The molecule has 3 atom stereocenters. The molecule has 4 heteroatoms. The predicted molar refractivity (Wildman–Crippen MR) is 87.1 cm³/mol. The molecular weight excluding hydrogens is 262 g/mol. The lowest BCUT2D eigenvalue weighted by atomic mass is 9.78. The number of carbonyl (C=O) groups is 1. The van der Waals surface area contributed by atoms with E-state index in [0.717, 1.165) is 25.2 Å². The van der Waals surface area contributed by atoms with Crippen molar-refractivity contribution in [2.75, 3.05) is 20.1 Å². The Labute approximate surface area is 129 Å². The van der Waals surface area contributed by atoms with Gasteiger partial charge in [0.25, 0.3) is 0 Å². The quantitative estimate of drug-likeness (QED) is 0.818. The summed E-state index contributed by atoms with van der Waals surface area (Å²) in [5, 5.41) is 3.23. The van der Waals surface area contributed by atoms with Crippen molar-refractivity contribution in [2.45, 2.75) is 76.3 Å². The van der Waals surface area contributed by atoms with Gasteiger partial charge >= 0.3 is 0 Å². The molecule has 1 heterocycles. The molecule has 0 aromatic carbocycles. The van der Waals surface area contributed by atoms with Gasteiger partial charge in [-0.15, -0.1) is 0 Å². The van der Waals surface area contributed by atoms with E-state index in [2.05, 4.69) is 17.1 Å². The van der Waals surface area contributed by atoms with Crippen molar-refractivity contribution in [1.82, 2.24) is 10.2 Å². The van der Waals surface area contributed by atoms with Gasteiger partial charge in [-0.25, -0.2) is 0 Å². The topological polar surface area (TPSA) is 58.4 Å². The van der Waals surface area contributed by atoms with Crippen molar-refractivity contribution in [3.63, 3.8) is 0 Å². The molecule has 1 saturated heterocycles. The molecule has 4 nitrogen and oxygen atoms in total. The number of hydrogen-bond donors (Lipinski definition) is 2. The van der Waals surface area contributed by atoms with Crippen molar-refractivity contribution < 1.29 is 4.79 Å². The predicted octanol–water partition coefficient (Wildman–Crippen LogP) is 2.27. The van der Waals surface area contributed by atoms with Crippen molar-refractivity contribution >= 4 is 5.91 Å². The van der Waals surface area contributed by atoms with Gasteiger partial charge < -0.3 is 16.0 Å². The minimum Gasteiger partial charge on any atom is -0.368 e. The second-order valence-corrected chi connectivity index (χ2v) is 7.07. The third-order valence-electron chi connectivity index (χ3n) is 5.77. The maximum atomic E-state index is 11.9. The Kier molecular flexibility index (Phi) is 6.06. The summed E-state index contributed by atoms with van der Waals surface area (Å²) in [6.07, 6.45) is 10.8. The van der Waals surface area contributed by atoms with Gasteiger partial charge in [0.2, 0.25) is 5.91 Å². The van der Waals surface area contributed by atoms with Crippen LogP contribution in [0.15, 0.2) is 0 Å². The summed E-state index contributed by atoms with van der Waals surface area (Å²) in [5.41, 5.74) is 5.20. The average Bonchev–Trinajstić information content (AvgIpc) is 2.73. The lowest BCUT2D eigenvalue weighted by Crippen LogP contribution is -2.59. The molecule has 0 radical (unpaired) electrons. The van der Waals surface area contributed by atoms with E-state index in [-0.39, 0.29) is 5.91 Å². The lowest BCUT2D eigenvalue weighted by molar-refractivity contribution is -0.126. The molecule has 0 bridgehead atoms. The first-order valence-corrected chi connectivity index (χ1v) is 8.84. The first-order chi connectivity index (χ1) is 10.1. The highest BCUT2D eigenvalue weighted by atomic mass is 16.1. The van der Waals surface area contributed by atoms with Gasteiger partial charge in [0.05, 0.1) is 5.54 Å². The van der Waals surface area contributed by atoms with Crippen molar-refractivity contribution in [1.29, 1.82) is 0 Å². The molecule has 1 aliphatic carbocycles. The second kappa shape index (κ2) is 7.59. The molecule has 21 heavy (non-hydrogen) atoms. The standard InChI is InChI=1S/C17H33N3O/c1-3-6-14-7-5-11-20(12-9-14)15-8-4-10-17(13-15,19-2)16(18)21/h14-15,19H,3-13H2,1-2H3,(H2,18,21). The van der Waals surface area contributed by atoms with E-state index < -0.39 is 5.54 Å². The zero-order valence-electron chi connectivity index (χ0n) is 13.9. The van der Waals surface area contributed by atoms with Crippen molar-refractivity contribution in [2.24, 2.45) is 11.7 Å². The average molecular weight is 295 g/mol. The number of hydrogen-bond acceptors (Lipinski definition) is 3. The number of nitrogens with one attached hydrogen (secondary N) is 1. The summed E-state index contributed by atoms with van der Waals surface area (Å²) in [5.74, 6) is 0.738. The minimum absolute atomic E-state index is 0.173. The number of likely N-dealkylation sites (N-methyl/N-ethyl adjacent to an activating group) is 1. The zero-order chi connectivity index (χ0) is 15.3. The van der Waals surface area contributed by atoms with Crippen molar-refractivity contribution in [3.8, 4) is 0 Å². The van der Waals surface area contributed by atoms with E-state index in [1.807, 2.05) is 7.05 Å². The van der Waals surface area contributed by atoms with Crippen LogP contribution in [-0.4, -0.2) is 42.5 Å². The molecular formula is C17H33N3O. The number of nitrogens with zero attached hydrogens (tertiary/aromatic N) is 1. The summed E-state index contributed by atoms with van der Waals surface area (Å²) >= 11 is 0. The van der Waals surface area contributed by atoms with Crippen LogP contribution in [0.2, 0.25) is 0 Å². The smallest absolute Gasteiger partial charge is 0.237 e. The van der Waals surface area contributed by atoms with E-state index in [4.69, 9.17) is 5.73 Å². The van der Waals surface area contributed by atoms with Crippen LogP contribution in [0.5, 0.6) is 0 Å².